The van der Waals surface area contributed by atoms with E-state index in [4.69, 9.17) is 0 Å². The van der Waals surface area contributed by atoms with E-state index in [9.17, 15) is 14.7 Å². The lowest BCUT2D eigenvalue weighted by atomic mass is 10.0. The van der Waals surface area contributed by atoms with Crippen LogP contribution in [0.2, 0.25) is 0 Å². The molecule has 2 saturated carbocycles. The number of carbonyl (C=O) groups excluding carboxylic acids is 1. The smallest absolute Gasteiger partial charge is 0.264 e. The number of hydrogen-bond donors (Lipinski definition) is 3. The molecule has 6 nitrogen and oxygen atoms in total. The molecule has 1 aromatic heterocycles. The number of amides is 1. The number of H-pyrrole nitrogens is 1. The standard InChI is InChI=1S/C15H21N3O3/c1-9-11(14(20)18-12(17-9)10-4-5-10)13(19)16-8-15(21)6-2-3-7-15/h10,21H,2-8H2,1H3,(H,16,19)(H,17,18,20). The summed E-state index contributed by atoms with van der Waals surface area (Å²) in [6.07, 6.45) is 5.43. The molecule has 21 heavy (non-hydrogen) atoms. The van der Waals surface area contributed by atoms with Crippen LogP contribution in [0, 0.1) is 6.92 Å². The number of carbonyl (C=O) groups is 1. The summed E-state index contributed by atoms with van der Waals surface area (Å²) < 4.78 is 0. The van der Waals surface area contributed by atoms with Crippen LogP contribution in [-0.2, 0) is 0 Å². The average molecular weight is 291 g/mol. The van der Waals surface area contributed by atoms with E-state index in [0.717, 1.165) is 25.7 Å². The molecule has 3 rings (SSSR count). The van der Waals surface area contributed by atoms with Gasteiger partial charge in [-0.15, -0.1) is 0 Å². The molecular formula is C15H21N3O3. The van der Waals surface area contributed by atoms with Gasteiger partial charge in [0.25, 0.3) is 11.5 Å². The fourth-order valence-corrected chi connectivity index (χ4v) is 2.97. The fourth-order valence-electron chi connectivity index (χ4n) is 2.97. The summed E-state index contributed by atoms with van der Waals surface area (Å²) in [6, 6.07) is 0. The first kappa shape index (κ1) is 14.3. The highest BCUT2D eigenvalue weighted by Gasteiger charge is 2.32. The Labute approximate surface area is 123 Å². The van der Waals surface area contributed by atoms with Gasteiger partial charge in [-0.3, -0.25) is 9.59 Å². The quantitative estimate of drug-likeness (QED) is 0.771. The lowest BCUT2D eigenvalue weighted by Gasteiger charge is -2.22. The van der Waals surface area contributed by atoms with Gasteiger partial charge in [0.2, 0.25) is 0 Å². The Balaban J connectivity index is 1.73. The van der Waals surface area contributed by atoms with Crippen LogP contribution in [0.3, 0.4) is 0 Å². The highest BCUT2D eigenvalue weighted by molar-refractivity contribution is 5.94. The van der Waals surface area contributed by atoms with Crippen molar-refractivity contribution in [3.63, 3.8) is 0 Å². The molecule has 0 spiro atoms. The zero-order valence-corrected chi connectivity index (χ0v) is 12.2. The second-order valence-corrected chi connectivity index (χ2v) is 6.30. The van der Waals surface area contributed by atoms with Crippen molar-refractivity contribution < 1.29 is 9.90 Å². The van der Waals surface area contributed by atoms with E-state index >= 15 is 0 Å². The lowest BCUT2D eigenvalue weighted by molar-refractivity contribution is 0.0449. The van der Waals surface area contributed by atoms with Crippen LogP contribution in [0.4, 0.5) is 0 Å². The number of aliphatic hydroxyl groups is 1. The predicted molar refractivity (Wildman–Crippen MR) is 77.3 cm³/mol. The third kappa shape index (κ3) is 3.00. The molecule has 0 aromatic carbocycles. The van der Waals surface area contributed by atoms with E-state index in [1.165, 1.54) is 0 Å². The minimum Gasteiger partial charge on any atom is -0.388 e. The van der Waals surface area contributed by atoms with Crippen molar-refractivity contribution in [3.8, 4) is 0 Å². The van der Waals surface area contributed by atoms with Crippen molar-refractivity contribution >= 4 is 5.91 Å². The molecule has 2 fully saturated rings. The normalized spacial score (nSPS) is 20.5. The minimum absolute atomic E-state index is 0.0565. The number of aryl methyl sites for hydroxylation is 1. The summed E-state index contributed by atoms with van der Waals surface area (Å²) in [7, 11) is 0. The Morgan fingerprint density at radius 1 is 1.43 bits per heavy atom. The molecule has 0 unspecified atom stereocenters. The maximum absolute atomic E-state index is 12.2. The Bertz CT molecular complexity index is 613. The zero-order valence-electron chi connectivity index (χ0n) is 12.2. The van der Waals surface area contributed by atoms with Crippen LogP contribution in [0.1, 0.15) is 66.3 Å². The molecule has 0 aliphatic heterocycles. The number of rotatable bonds is 4. The molecule has 1 amide bonds. The van der Waals surface area contributed by atoms with Crippen LogP contribution in [0.5, 0.6) is 0 Å². The van der Waals surface area contributed by atoms with Crippen molar-refractivity contribution in [2.75, 3.05) is 6.54 Å². The zero-order chi connectivity index (χ0) is 15.0. The number of aromatic nitrogens is 2. The summed E-state index contributed by atoms with van der Waals surface area (Å²) in [6.45, 7) is 1.87. The molecule has 2 aliphatic carbocycles. The second kappa shape index (κ2) is 5.26. The summed E-state index contributed by atoms with van der Waals surface area (Å²) in [5.74, 6) is 0.570. The summed E-state index contributed by atoms with van der Waals surface area (Å²) in [5.41, 5.74) is -0.699. The van der Waals surface area contributed by atoms with Crippen LogP contribution in [0.15, 0.2) is 4.79 Å². The van der Waals surface area contributed by atoms with Gasteiger partial charge >= 0.3 is 0 Å². The van der Waals surface area contributed by atoms with E-state index in [0.29, 0.717) is 30.3 Å². The van der Waals surface area contributed by atoms with E-state index in [1.807, 2.05) is 0 Å². The molecule has 114 valence electrons. The van der Waals surface area contributed by atoms with Crippen LogP contribution in [0.25, 0.3) is 0 Å². The maximum Gasteiger partial charge on any atom is 0.264 e. The first-order valence-corrected chi connectivity index (χ1v) is 7.60. The van der Waals surface area contributed by atoms with Gasteiger partial charge in [0.15, 0.2) is 0 Å². The predicted octanol–water partition coefficient (Wildman–Crippen LogP) is 0.991. The monoisotopic (exact) mass is 291 g/mol. The molecule has 1 aromatic rings. The van der Waals surface area contributed by atoms with Gasteiger partial charge in [0, 0.05) is 12.5 Å². The third-order valence-electron chi connectivity index (χ3n) is 4.42. The van der Waals surface area contributed by atoms with Crippen LogP contribution < -0.4 is 10.9 Å². The Hall–Kier alpha value is -1.69. The first-order chi connectivity index (χ1) is 9.98. The van der Waals surface area contributed by atoms with Gasteiger partial charge in [-0.05, 0) is 32.6 Å². The van der Waals surface area contributed by atoms with Crippen molar-refractivity contribution in [3.05, 3.63) is 27.4 Å². The highest BCUT2D eigenvalue weighted by atomic mass is 16.3. The van der Waals surface area contributed by atoms with Crippen molar-refractivity contribution in [1.29, 1.82) is 0 Å². The Morgan fingerprint density at radius 3 is 2.67 bits per heavy atom. The van der Waals surface area contributed by atoms with Gasteiger partial charge in [-0.25, -0.2) is 4.98 Å². The van der Waals surface area contributed by atoms with E-state index in [-0.39, 0.29) is 17.7 Å². The number of nitrogens with zero attached hydrogens (tertiary/aromatic N) is 1. The highest BCUT2D eigenvalue weighted by Crippen LogP contribution is 2.37. The number of hydrogen-bond acceptors (Lipinski definition) is 4. The lowest BCUT2D eigenvalue weighted by Crippen LogP contribution is -2.42. The topological polar surface area (TPSA) is 95.1 Å². The second-order valence-electron chi connectivity index (χ2n) is 6.30. The van der Waals surface area contributed by atoms with Gasteiger partial charge < -0.3 is 15.4 Å². The van der Waals surface area contributed by atoms with Gasteiger partial charge in [-0.1, -0.05) is 12.8 Å². The van der Waals surface area contributed by atoms with Crippen molar-refractivity contribution in [2.24, 2.45) is 0 Å². The Kier molecular flexibility index (Phi) is 3.57. The van der Waals surface area contributed by atoms with E-state index in [1.54, 1.807) is 6.92 Å². The molecule has 0 radical (unpaired) electrons. The fraction of sp³-hybridized carbons (Fsp3) is 0.667. The molecule has 1 heterocycles. The summed E-state index contributed by atoms with van der Waals surface area (Å²) in [5, 5.41) is 12.9. The minimum atomic E-state index is -0.822. The van der Waals surface area contributed by atoms with Crippen molar-refractivity contribution in [1.82, 2.24) is 15.3 Å². The molecule has 0 atom stereocenters. The summed E-state index contributed by atoms with van der Waals surface area (Å²) >= 11 is 0. The average Bonchev–Trinajstić information content (AvgIpc) is 3.19. The van der Waals surface area contributed by atoms with Gasteiger partial charge in [0.1, 0.15) is 11.4 Å². The number of aromatic amines is 1. The molecule has 3 N–H and O–H groups in total. The van der Waals surface area contributed by atoms with Gasteiger partial charge in [0.05, 0.1) is 11.3 Å². The largest absolute Gasteiger partial charge is 0.388 e. The number of nitrogens with one attached hydrogen (secondary N) is 2. The maximum atomic E-state index is 12.2. The molecule has 2 aliphatic rings. The first-order valence-electron chi connectivity index (χ1n) is 7.60. The van der Waals surface area contributed by atoms with Crippen molar-refractivity contribution in [2.45, 2.75) is 57.0 Å². The van der Waals surface area contributed by atoms with E-state index < -0.39 is 11.5 Å². The molecule has 0 bridgehead atoms. The van der Waals surface area contributed by atoms with Gasteiger partial charge in [-0.2, -0.15) is 0 Å². The molecule has 6 heteroatoms. The van der Waals surface area contributed by atoms with Crippen LogP contribution >= 0.6 is 0 Å². The van der Waals surface area contributed by atoms with Crippen LogP contribution in [-0.4, -0.2) is 33.1 Å². The molecule has 0 saturated heterocycles. The third-order valence-corrected chi connectivity index (χ3v) is 4.42. The van der Waals surface area contributed by atoms with E-state index in [2.05, 4.69) is 15.3 Å². The SMILES string of the molecule is Cc1nc(C2CC2)[nH]c(=O)c1C(=O)NCC1(O)CCCC1. The molecular weight excluding hydrogens is 270 g/mol. The summed E-state index contributed by atoms with van der Waals surface area (Å²) in [4.78, 5) is 31.3. The Morgan fingerprint density at radius 2 is 2.10 bits per heavy atom.